The van der Waals surface area contributed by atoms with Crippen molar-refractivity contribution >= 4 is 43.8 Å². The third kappa shape index (κ3) is 4.80. The highest BCUT2D eigenvalue weighted by Gasteiger charge is 2.09. The fraction of sp³-hybridized carbons (Fsp3) is 0.0952. The molecule has 132 valence electrons. The van der Waals surface area contributed by atoms with Crippen LogP contribution in [0, 0.1) is 12.7 Å². The first kappa shape index (κ1) is 18.8. The lowest BCUT2D eigenvalue weighted by Crippen LogP contribution is -1.98. The lowest BCUT2D eigenvalue weighted by molar-refractivity contribution is 0.302. The summed E-state index contributed by atoms with van der Waals surface area (Å²) in [7, 11) is 0. The average molecular weight is 477 g/mol. The topological polar surface area (TPSA) is 21.6 Å². The van der Waals surface area contributed by atoms with Crippen LogP contribution in [0.5, 0.6) is 5.75 Å². The van der Waals surface area contributed by atoms with Crippen LogP contribution in [0.15, 0.2) is 74.6 Å². The predicted octanol–water partition coefficient (Wildman–Crippen LogP) is 6.99. The third-order valence-electron chi connectivity index (χ3n) is 3.79. The molecular weight excluding hydrogens is 461 g/mol. The Morgan fingerprint density at radius 1 is 1.00 bits per heavy atom. The van der Waals surface area contributed by atoms with Crippen LogP contribution in [-0.2, 0) is 6.61 Å². The van der Waals surface area contributed by atoms with Crippen LogP contribution in [0.4, 0.5) is 10.1 Å². The maximum absolute atomic E-state index is 13.0. The van der Waals surface area contributed by atoms with Gasteiger partial charge in [0.15, 0.2) is 0 Å². The zero-order valence-electron chi connectivity index (χ0n) is 14.0. The quantitative estimate of drug-likeness (QED) is 0.363. The second-order valence-corrected chi connectivity index (χ2v) is 7.48. The SMILES string of the molecule is Cc1ccccc1N=Cc1cc(Br)c(OCc2ccc(F)cc2)c(Br)c1. The van der Waals surface area contributed by atoms with Gasteiger partial charge in [-0.3, -0.25) is 4.99 Å². The monoisotopic (exact) mass is 475 g/mol. The van der Waals surface area contributed by atoms with Gasteiger partial charge in [-0.25, -0.2) is 4.39 Å². The van der Waals surface area contributed by atoms with Gasteiger partial charge in [-0.2, -0.15) is 0 Å². The first-order valence-electron chi connectivity index (χ1n) is 7.99. The summed E-state index contributed by atoms with van der Waals surface area (Å²) < 4.78 is 20.5. The van der Waals surface area contributed by atoms with Crippen molar-refractivity contribution in [2.45, 2.75) is 13.5 Å². The van der Waals surface area contributed by atoms with E-state index in [1.165, 1.54) is 12.1 Å². The summed E-state index contributed by atoms with van der Waals surface area (Å²) in [5, 5.41) is 0. The van der Waals surface area contributed by atoms with E-state index in [4.69, 9.17) is 4.74 Å². The zero-order chi connectivity index (χ0) is 18.5. The Labute approximate surface area is 169 Å². The number of benzene rings is 3. The van der Waals surface area contributed by atoms with E-state index in [9.17, 15) is 4.39 Å². The van der Waals surface area contributed by atoms with E-state index in [-0.39, 0.29) is 5.82 Å². The molecule has 0 N–H and O–H groups in total. The van der Waals surface area contributed by atoms with E-state index in [1.54, 1.807) is 12.1 Å². The summed E-state index contributed by atoms with van der Waals surface area (Å²) in [6.07, 6.45) is 1.82. The summed E-state index contributed by atoms with van der Waals surface area (Å²) in [5.74, 6) is 0.441. The van der Waals surface area contributed by atoms with E-state index in [0.717, 1.165) is 31.3 Å². The fourth-order valence-electron chi connectivity index (χ4n) is 2.38. The molecule has 0 amide bonds. The van der Waals surface area contributed by atoms with Gasteiger partial charge in [0, 0.05) is 6.21 Å². The molecule has 0 bridgehead atoms. The van der Waals surface area contributed by atoms with Crippen molar-refractivity contribution in [3.8, 4) is 5.75 Å². The average Bonchev–Trinajstić information content (AvgIpc) is 2.62. The predicted molar refractivity (Wildman–Crippen MR) is 111 cm³/mol. The van der Waals surface area contributed by atoms with Gasteiger partial charge in [-0.1, -0.05) is 30.3 Å². The molecule has 2 nitrogen and oxygen atoms in total. The van der Waals surface area contributed by atoms with Crippen molar-refractivity contribution in [1.29, 1.82) is 0 Å². The fourth-order valence-corrected chi connectivity index (χ4v) is 3.83. The number of hydrogen-bond acceptors (Lipinski definition) is 2. The Morgan fingerprint density at radius 2 is 1.65 bits per heavy atom. The molecule has 0 aliphatic carbocycles. The molecule has 0 aliphatic rings. The number of aryl methyl sites for hydroxylation is 1. The first-order chi connectivity index (χ1) is 12.5. The molecule has 0 aromatic heterocycles. The molecule has 0 heterocycles. The van der Waals surface area contributed by atoms with Crippen molar-refractivity contribution in [2.75, 3.05) is 0 Å². The molecular formula is C21H16Br2FNO. The Morgan fingerprint density at radius 3 is 2.31 bits per heavy atom. The van der Waals surface area contributed by atoms with Crippen molar-refractivity contribution in [2.24, 2.45) is 4.99 Å². The zero-order valence-corrected chi connectivity index (χ0v) is 17.2. The second kappa shape index (κ2) is 8.60. The van der Waals surface area contributed by atoms with Crippen LogP contribution in [-0.4, -0.2) is 6.21 Å². The first-order valence-corrected chi connectivity index (χ1v) is 9.57. The molecule has 0 saturated heterocycles. The lowest BCUT2D eigenvalue weighted by Gasteiger charge is -2.11. The van der Waals surface area contributed by atoms with E-state index in [1.807, 2.05) is 49.5 Å². The van der Waals surface area contributed by atoms with Gasteiger partial charge in [0.25, 0.3) is 0 Å². The van der Waals surface area contributed by atoms with Gasteiger partial charge in [0.05, 0.1) is 14.6 Å². The van der Waals surface area contributed by atoms with Crippen LogP contribution < -0.4 is 4.74 Å². The highest BCUT2D eigenvalue weighted by atomic mass is 79.9. The van der Waals surface area contributed by atoms with E-state index in [2.05, 4.69) is 36.9 Å². The van der Waals surface area contributed by atoms with Crippen LogP contribution in [0.1, 0.15) is 16.7 Å². The van der Waals surface area contributed by atoms with Crippen LogP contribution in [0.2, 0.25) is 0 Å². The highest BCUT2D eigenvalue weighted by Crippen LogP contribution is 2.35. The summed E-state index contributed by atoms with van der Waals surface area (Å²) in [6, 6.07) is 18.1. The minimum Gasteiger partial charge on any atom is -0.487 e. The molecule has 26 heavy (non-hydrogen) atoms. The molecule has 0 radical (unpaired) electrons. The minimum atomic E-state index is -0.256. The Bertz CT molecular complexity index is 916. The molecule has 5 heteroatoms. The third-order valence-corrected chi connectivity index (χ3v) is 4.96. The maximum atomic E-state index is 13.0. The standard InChI is InChI=1S/C21H16Br2FNO/c1-14-4-2-3-5-20(14)25-12-16-10-18(22)21(19(23)11-16)26-13-15-6-8-17(24)9-7-15/h2-12H,13H2,1H3. The van der Waals surface area contributed by atoms with Gasteiger partial charge in [-0.15, -0.1) is 0 Å². The maximum Gasteiger partial charge on any atom is 0.148 e. The number of rotatable bonds is 5. The minimum absolute atomic E-state index is 0.256. The summed E-state index contributed by atoms with van der Waals surface area (Å²) in [4.78, 5) is 4.55. The molecule has 3 aromatic carbocycles. The van der Waals surface area contributed by atoms with Crippen LogP contribution >= 0.6 is 31.9 Å². The molecule has 0 atom stereocenters. The Hall–Kier alpha value is -1.98. The van der Waals surface area contributed by atoms with Gasteiger partial charge >= 0.3 is 0 Å². The summed E-state index contributed by atoms with van der Waals surface area (Å²) in [6.45, 7) is 2.39. The Kier molecular flexibility index (Phi) is 6.22. The molecule has 0 saturated carbocycles. The van der Waals surface area contributed by atoms with E-state index in [0.29, 0.717) is 12.4 Å². The summed E-state index contributed by atoms with van der Waals surface area (Å²) in [5.41, 5.74) is 3.91. The summed E-state index contributed by atoms with van der Waals surface area (Å²) >= 11 is 7.09. The Balaban J connectivity index is 1.75. The van der Waals surface area contributed by atoms with E-state index < -0.39 is 0 Å². The number of hydrogen-bond donors (Lipinski definition) is 0. The lowest BCUT2D eigenvalue weighted by atomic mass is 10.2. The van der Waals surface area contributed by atoms with E-state index >= 15 is 0 Å². The molecule has 0 aliphatic heterocycles. The van der Waals surface area contributed by atoms with Crippen molar-refractivity contribution in [3.05, 3.63) is 92.1 Å². The number of ether oxygens (including phenoxy) is 1. The molecule has 0 unspecified atom stereocenters. The number of halogens is 3. The van der Waals surface area contributed by atoms with Crippen LogP contribution in [0.25, 0.3) is 0 Å². The van der Waals surface area contributed by atoms with Crippen LogP contribution in [0.3, 0.4) is 0 Å². The van der Waals surface area contributed by atoms with Gasteiger partial charge in [-0.05, 0) is 85.8 Å². The van der Waals surface area contributed by atoms with Crippen molar-refractivity contribution < 1.29 is 9.13 Å². The largest absolute Gasteiger partial charge is 0.487 e. The number of aliphatic imine (C=N–C) groups is 1. The van der Waals surface area contributed by atoms with Gasteiger partial charge in [0.2, 0.25) is 0 Å². The normalized spacial score (nSPS) is 11.1. The molecule has 3 aromatic rings. The van der Waals surface area contributed by atoms with Gasteiger partial charge in [0.1, 0.15) is 18.2 Å². The second-order valence-electron chi connectivity index (χ2n) is 5.77. The highest BCUT2D eigenvalue weighted by molar-refractivity contribution is 9.11. The molecule has 0 fully saturated rings. The smallest absolute Gasteiger partial charge is 0.148 e. The molecule has 3 rings (SSSR count). The van der Waals surface area contributed by atoms with Crippen molar-refractivity contribution in [1.82, 2.24) is 0 Å². The number of para-hydroxylation sites is 1. The molecule has 0 spiro atoms. The van der Waals surface area contributed by atoms with Crippen molar-refractivity contribution in [3.63, 3.8) is 0 Å². The van der Waals surface area contributed by atoms with Gasteiger partial charge < -0.3 is 4.74 Å². The number of nitrogens with zero attached hydrogens (tertiary/aromatic N) is 1.